The number of carboxylic acids is 1. The Kier molecular flexibility index (Phi) is 3.75. The molecule has 1 aromatic carbocycles. The molecule has 0 unspecified atom stereocenters. The van der Waals surface area contributed by atoms with E-state index in [4.69, 9.17) is 5.11 Å². The summed E-state index contributed by atoms with van der Waals surface area (Å²) in [5, 5.41) is 20.7. The Morgan fingerprint density at radius 3 is 2.52 bits per heavy atom. The number of anilines is 1. The third kappa shape index (κ3) is 3.27. The van der Waals surface area contributed by atoms with E-state index >= 15 is 0 Å². The van der Waals surface area contributed by atoms with E-state index in [1.807, 2.05) is 0 Å². The molecule has 21 heavy (non-hydrogen) atoms. The molecule has 1 aromatic heterocycles. The molecule has 0 aliphatic rings. The first kappa shape index (κ1) is 14.3. The number of rotatable bonds is 3. The van der Waals surface area contributed by atoms with Gasteiger partial charge in [0, 0.05) is 17.8 Å². The maximum absolute atomic E-state index is 12.0. The number of carboxylic acid groups (broad SMARTS) is 1. The van der Waals surface area contributed by atoms with Crippen molar-refractivity contribution >= 4 is 17.6 Å². The predicted octanol–water partition coefficient (Wildman–Crippen LogP) is 1.34. The lowest BCUT2D eigenvalue weighted by Gasteiger charge is -2.08. The van der Waals surface area contributed by atoms with Crippen molar-refractivity contribution in [3.8, 4) is 5.88 Å². The van der Waals surface area contributed by atoms with Gasteiger partial charge in [-0.2, -0.15) is 0 Å². The molecule has 0 aliphatic heterocycles. The van der Waals surface area contributed by atoms with Crippen LogP contribution in [0, 0.1) is 6.92 Å². The average Bonchev–Trinajstić information content (AvgIpc) is 2.39. The van der Waals surface area contributed by atoms with Crippen molar-refractivity contribution in [1.82, 2.24) is 4.98 Å². The van der Waals surface area contributed by atoms with E-state index in [0.717, 1.165) is 12.1 Å². The average molecular weight is 288 g/mol. The lowest BCUT2D eigenvalue weighted by atomic mass is 10.1. The van der Waals surface area contributed by atoms with Crippen molar-refractivity contribution in [2.45, 2.75) is 6.92 Å². The largest absolute Gasteiger partial charge is 0.494 e. The highest BCUT2D eigenvalue weighted by molar-refractivity contribution is 6.05. The van der Waals surface area contributed by atoms with Crippen LogP contribution in [-0.4, -0.2) is 27.1 Å². The monoisotopic (exact) mass is 288 g/mol. The van der Waals surface area contributed by atoms with Crippen molar-refractivity contribution in [2.24, 2.45) is 0 Å². The number of benzene rings is 1. The number of aromatic nitrogens is 1. The number of hydrogen-bond acceptors (Lipinski definition) is 4. The summed E-state index contributed by atoms with van der Waals surface area (Å²) in [4.78, 5) is 36.3. The summed E-state index contributed by atoms with van der Waals surface area (Å²) in [7, 11) is 0. The fourth-order valence-electron chi connectivity index (χ4n) is 1.79. The maximum Gasteiger partial charge on any atom is 0.336 e. The normalized spacial score (nSPS) is 10.1. The number of H-pyrrole nitrogens is 1. The molecule has 0 bridgehead atoms. The van der Waals surface area contributed by atoms with Crippen molar-refractivity contribution in [3.05, 3.63) is 57.4 Å². The molecule has 7 heteroatoms. The van der Waals surface area contributed by atoms with Gasteiger partial charge in [-0.3, -0.25) is 14.6 Å². The summed E-state index contributed by atoms with van der Waals surface area (Å²) in [6.07, 6.45) is 0. The predicted molar refractivity (Wildman–Crippen MR) is 74.8 cm³/mol. The number of aryl methyl sites for hydroxylation is 1. The Labute approximate surface area is 118 Å². The highest BCUT2D eigenvalue weighted by atomic mass is 16.4. The molecule has 0 aliphatic carbocycles. The Hall–Kier alpha value is -3.09. The molecule has 0 radical (unpaired) electrons. The Morgan fingerprint density at radius 1 is 1.19 bits per heavy atom. The number of hydrogen-bond donors (Lipinski definition) is 4. The third-order valence-corrected chi connectivity index (χ3v) is 2.82. The van der Waals surface area contributed by atoms with Crippen LogP contribution in [0.2, 0.25) is 0 Å². The molecule has 1 heterocycles. The summed E-state index contributed by atoms with van der Waals surface area (Å²) in [6.45, 7) is 1.64. The highest BCUT2D eigenvalue weighted by Gasteiger charge is 2.12. The van der Waals surface area contributed by atoms with Crippen LogP contribution < -0.4 is 10.9 Å². The maximum atomic E-state index is 12.0. The smallest absolute Gasteiger partial charge is 0.336 e. The summed E-state index contributed by atoms with van der Waals surface area (Å²) in [6, 6.07) is 6.56. The van der Waals surface area contributed by atoms with Gasteiger partial charge in [0.25, 0.3) is 11.5 Å². The van der Waals surface area contributed by atoms with Crippen LogP contribution in [0.1, 0.15) is 26.3 Å². The Bertz CT molecular complexity index is 779. The van der Waals surface area contributed by atoms with Crippen molar-refractivity contribution in [3.63, 3.8) is 0 Å². The van der Waals surface area contributed by atoms with Crippen LogP contribution in [-0.2, 0) is 0 Å². The molecule has 2 aromatic rings. The molecule has 0 saturated carbocycles. The van der Waals surface area contributed by atoms with Crippen molar-refractivity contribution < 1.29 is 19.8 Å². The first-order chi connectivity index (χ1) is 9.86. The van der Waals surface area contributed by atoms with Crippen molar-refractivity contribution in [1.29, 1.82) is 0 Å². The number of pyridine rings is 1. The molecule has 7 nitrogen and oxygen atoms in total. The topological polar surface area (TPSA) is 119 Å². The fourth-order valence-corrected chi connectivity index (χ4v) is 1.79. The lowest BCUT2D eigenvalue weighted by molar-refractivity contribution is 0.0695. The molecular formula is C14H12N2O5. The van der Waals surface area contributed by atoms with E-state index in [0.29, 0.717) is 5.56 Å². The van der Waals surface area contributed by atoms with Gasteiger partial charge in [0.05, 0.1) is 11.1 Å². The molecule has 0 spiro atoms. The van der Waals surface area contributed by atoms with E-state index in [2.05, 4.69) is 10.3 Å². The number of amides is 1. The second-order valence-electron chi connectivity index (χ2n) is 4.41. The van der Waals surface area contributed by atoms with E-state index < -0.39 is 23.3 Å². The van der Waals surface area contributed by atoms with Gasteiger partial charge < -0.3 is 15.5 Å². The summed E-state index contributed by atoms with van der Waals surface area (Å²) in [5.41, 5.74) is 0.266. The number of carbonyl (C=O) groups is 2. The zero-order chi connectivity index (χ0) is 15.6. The molecule has 0 saturated heterocycles. The number of nitrogens with one attached hydrogen (secondary N) is 2. The van der Waals surface area contributed by atoms with Gasteiger partial charge in [-0.25, -0.2) is 4.79 Å². The number of aromatic amines is 1. The number of aromatic carboxylic acids is 1. The second kappa shape index (κ2) is 5.49. The van der Waals surface area contributed by atoms with Crippen LogP contribution in [0.25, 0.3) is 0 Å². The van der Waals surface area contributed by atoms with E-state index in [1.54, 1.807) is 19.1 Å². The zero-order valence-electron chi connectivity index (χ0n) is 11.0. The molecule has 1 amide bonds. The van der Waals surface area contributed by atoms with Gasteiger partial charge in [-0.15, -0.1) is 0 Å². The molecule has 2 rings (SSSR count). The number of aromatic hydroxyl groups is 1. The first-order valence-electron chi connectivity index (χ1n) is 5.95. The van der Waals surface area contributed by atoms with Crippen LogP contribution in [0.5, 0.6) is 5.88 Å². The minimum Gasteiger partial charge on any atom is -0.494 e. The first-order valence-corrected chi connectivity index (χ1v) is 5.95. The third-order valence-electron chi connectivity index (χ3n) is 2.82. The second-order valence-corrected chi connectivity index (χ2v) is 4.41. The summed E-state index contributed by atoms with van der Waals surface area (Å²) in [5.74, 6) is -2.16. The summed E-state index contributed by atoms with van der Waals surface area (Å²) < 4.78 is 0. The van der Waals surface area contributed by atoms with Gasteiger partial charge in [0.2, 0.25) is 0 Å². The highest BCUT2D eigenvalue weighted by Crippen LogP contribution is 2.16. The van der Waals surface area contributed by atoms with Crippen LogP contribution in [0.3, 0.4) is 0 Å². The summed E-state index contributed by atoms with van der Waals surface area (Å²) >= 11 is 0. The van der Waals surface area contributed by atoms with Gasteiger partial charge in [0.1, 0.15) is 0 Å². The Morgan fingerprint density at radius 2 is 1.90 bits per heavy atom. The Balaban J connectivity index is 2.29. The quantitative estimate of drug-likeness (QED) is 0.679. The van der Waals surface area contributed by atoms with Gasteiger partial charge in [-0.1, -0.05) is 6.07 Å². The SMILES string of the molecule is Cc1ccc(NC(=O)c2cc(O)[nH]c(=O)c2)cc1C(=O)O. The molecule has 0 atom stereocenters. The van der Waals surface area contributed by atoms with Crippen LogP contribution >= 0.6 is 0 Å². The standard InChI is InChI=1S/C14H12N2O5/c1-7-2-3-9(6-10(7)14(20)21)15-13(19)8-4-11(17)16-12(18)5-8/h2-6H,1H3,(H,15,19)(H,20,21)(H2,16,17,18). The minimum absolute atomic E-state index is 0.0336. The molecule has 108 valence electrons. The van der Waals surface area contributed by atoms with Gasteiger partial charge in [0.15, 0.2) is 5.88 Å². The van der Waals surface area contributed by atoms with Crippen LogP contribution in [0.15, 0.2) is 35.1 Å². The van der Waals surface area contributed by atoms with Gasteiger partial charge in [-0.05, 0) is 24.6 Å². The minimum atomic E-state index is -1.10. The van der Waals surface area contributed by atoms with Gasteiger partial charge >= 0.3 is 5.97 Å². The van der Waals surface area contributed by atoms with Crippen LogP contribution in [0.4, 0.5) is 5.69 Å². The zero-order valence-corrected chi connectivity index (χ0v) is 11.0. The van der Waals surface area contributed by atoms with E-state index in [-0.39, 0.29) is 16.8 Å². The fraction of sp³-hybridized carbons (Fsp3) is 0.0714. The van der Waals surface area contributed by atoms with E-state index in [9.17, 15) is 19.5 Å². The molecular weight excluding hydrogens is 276 g/mol. The lowest BCUT2D eigenvalue weighted by Crippen LogP contribution is -2.16. The van der Waals surface area contributed by atoms with Crippen molar-refractivity contribution in [2.75, 3.05) is 5.32 Å². The molecule has 4 N–H and O–H groups in total. The molecule has 0 fully saturated rings. The number of carbonyl (C=O) groups excluding carboxylic acids is 1. The van der Waals surface area contributed by atoms with E-state index in [1.165, 1.54) is 6.07 Å².